The normalized spacial score (nSPS) is 25.5. The minimum absolute atomic E-state index is 0.0627. The lowest BCUT2D eigenvalue weighted by molar-refractivity contribution is -0.127. The van der Waals surface area contributed by atoms with E-state index in [1.165, 1.54) is 0 Å². The third-order valence-corrected chi connectivity index (χ3v) is 2.39. The molecule has 1 unspecified atom stereocenters. The van der Waals surface area contributed by atoms with Crippen LogP contribution in [0.2, 0.25) is 0 Å². The van der Waals surface area contributed by atoms with Gasteiger partial charge >= 0.3 is 0 Å². The van der Waals surface area contributed by atoms with Crippen LogP contribution in [0.25, 0.3) is 0 Å². The molecule has 5 nitrogen and oxygen atoms in total. The van der Waals surface area contributed by atoms with Crippen molar-refractivity contribution in [1.82, 2.24) is 10.6 Å². The minimum atomic E-state index is -0.0702. The van der Waals surface area contributed by atoms with Crippen LogP contribution in [0.4, 0.5) is 0 Å². The predicted octanol–water partition coefficient (Wildman–Crippen LogP) is -0.484. The van der Waals surface area contributed by atoms with E-state index in [1.807, 2.05) is 6.92 Å². The zero-order valence-corrected chi connectivity index (χ0v) is 9.41. The van der Waals surface area contributed by atoms with Gasteiger partial charge in [-0.3, -0.25) is 4.79 Å². The Labute approximate surface area is 90.5 Å². The summed E-state index contributed by atoms with van der Waals surface area (Å²) in [6, 6.07) is 0.0627. The Morgan fingerprint density at radius 2 is 2.33 bits per heavy atom. The Hall–Kier alpha value is -0.650. The van der Waals surface area contributed by atoms with E-state index >= 15 is 0 Å². The molecule has 0 aromatic carbocycles. The van der Waals surface area contributed by atoms with Crippen LogP contribution in [0.5, 0.6) is 0 Å². The molecule has 0 aliphatic carbocycles. The minimum Gasteiger partial charge on any atom is -0.378 e. The molecule has 0 bridgehead atoms. The van der Waals surface area contributed by atoms with Gasteiger partial charge in [-0.05, 0) is 6.42 Å². The molecule has 1 saturated heterocycles. The highest BCUT2D eigenvalue weighted by Gasteiger charge is 2.27. The Balaban J connectivity index is 2.19. The van der Waals surface area contributed by atoms with Gasteiger partial charge in [0.25, 0.3) is 0 Å². The summed E-state index contributed by atoms with van der Waals surface area (Å²) in [5.74, 6) is -0.0702. The van der Waals surface area contributed by atoms with E-state index in [1.54, 1.807) is 7.11 Å². The van der Waals surface area contributed by atoms with Gasteiger partial charge in [0, 0.05) is 26.8 Å². The van der Waals surface area contributed by atoms with Gasteiger partial charge in [0.1, 0.15) is 6.61 Å². The largest absolute Gasteiger partial charge is 0.378 e. The molecule has 1 heterocycles. The third-order valence-electron chi connectivity index (χ3n) is 2.39. The zero-order chi connectivity index (χ0) is 11.1. The number of carbonyl (C=O) groups excluding carboxylic acids is 1. The van der Waals surface area contributed by atoms with E-state index in [-0.39, 0.29) is 24.7 Å². The highest BCUT2D eigenvalue weighted by atomic mass is 16.5. The zero-order valence-electron chi connectivity index (χ0n) is 9.41. The molecule has 15 heavy (non-hydrogen) atoms. The number of amides is 1. The van der Waals surface area contributed by atoms with Crippen molar-refractivity contribution in [2.45, 2.75) is 25.5 Å². The number of methoxy groups -OCH3 is 1. The maximum atomic E-state index is 11.4. The molecule has 88 valence electrons. The molecule has 0 spiro atoms. The standard InChI is InChI=1S/C10H20N2O3/c1-3-4-15-7-10(13)12-8-5-11-6-9(8)14-2/h8-9,11H,3-7H2,1-2H3,(H,12,13)/t8?,9-/m0/s1. The molecule has 5 heteroatoms. The molecule has 0 saturated carbocycles. The van der Waals surface area contributed by atoms with Crippen LogP contribution in [0, 0.1) is 0 Å². The molecule has 1 aliphatic heterocycles. The number of hydrogen-bond acceptors (Lipinski definition) is 4. The summed E-state index contributed by atoms with van der Waals surface area (Å²) >= 11 is 0. The van der Waals surface area contributed by atoms with Gasteiger partial charge in [0.15, 0.2) is 0 Å². The second kappa shape index (κ2) is 6.76. The van der Waals surface area contributed by atoms with Crippen LogP contribution in [-0.4, -0.2) is 51.5 Å². The molecule has 2 N–H and O–H groups in total. The molecule has 0 radical (unpaired) electrons. The van der Waals surface area contributed by atoms with Crippen molar-refractivity contribution in [2.24, 2.45) is 0 Å². The van der Waals surface area contributed by atoms with Gasteiger partial charge in [-0.1, -0.05) is 6.92 Å². The smallest absolute Gasteiger partial charge is 0.246 e. The van der Waals surface area contributed by atoms with Crippen molar-refractivity contribution in [1.29, 1.82) is 0 Å². The van der Waals surface area contributed by atoms with Crippen LogP contribution < -0.4 is 10.6 Å². The first kappa shape index (κ1) is 12.4. The topological polar surface area (TPSA) is 59.6 Å². The van der Waals surface area contributed by atoms with Crippen LogP contribution in [-0.2, 0) is 14.3 Å². The second-order valence-electron chi connectivity index (χ2n) is 3.66. The highest BCUT2D eigenvalue weighted by Crippen LogP contribution is 2.03. The van der Waals surface area contributed by atoms with Crippen molar-refractivity contribution < 1.29 is 14.3 Å². The number of carbonyl (C=O) groups is 1. The van der Waals surface area contributed by atoms with Crippen molar-refractivity contribution in [3.63, 3.8) is 0 Å². The lowest BCUT2D eigenvalue weighted by Gasteiger charge is -2.18. The maximum Gasteiger partial charge on any atom is 0.246 e. The van der Waals surface area contributed by atoms with Crippen LogP contribution in [0.1, 0.15) is 13.3 Å². The highest BCUT2D eigenvalue weighted by molar-refractivity contribution is 5.77. The number of rotatable bonds is 6. The maximum absolute atomic E-state index is 11.4. The van der Waals surface area contributed by atoms with Crippen molar-refractivity contribution in [3.05, 3.63) is 0 Å². The van der Waals surface area contributed by atoms with Gasteiger partial charge in [0.2, 0.25) is 5.91 Å². The molecule has 0 aromatic heterocycles. The summed E-state index contributed by atoms with van der Waals surface area (Å²) in [6.07, 6.45) is 0.999. The molecule has 1 fully saturated rings. The Bertz CT molecular complexity index is 199. The Kier molecular flexibility index (Phi) is 5.60. The summed E-state index contributed by atoms with van der Waals surface area (Å²) in [6.45, 7) is 4.33. The van der Waals surface area contributed by atoms with Crippen LogP contribution in [0.3, 0.4) is 0 Å². The fraction of sp³-hybridized carbons (Fsp3) is 0.900. The average molecular weight is 216 g/mol. The SMILES string of the molecule is CCCOCC(=O)NC1CNC[C@@H]1OC. The molecular weight excluding hydrogens is 196 g/mol. The Morgan fingerprint density at radius 1 is 1.53 bits per heavy atom. The van der Waals surface area contributed by atoms with E-state index in [2.05, 4.69) is 10.6 Å². The average Bonchev–Trinajstić information content (AvgIpc) is 2.65. The molecular formula is C10H20N2O3. The van der Waals surface area contributed by atoms with E-state index in [9.17, 15) is 4.79 Å². The summed E-state index contributed by atoms with van der Waals surface area (Å²) in [5, 5.41) is 6.05. The predicted molar refractivity (Wildman–Crippen MR) is 56.7 cm³/mol. The first-order chi connectivity index (χ1) is 7.27. The quantitative estimate of drug-likeness (QED) is 0.589. The van der Waals surface area contributed by atoms with E-state index in [0.717, 1.165) is 19.5 Å². The fourth-order valence-electron chi connectivity index (χ4n) is 1.60. The van der Waals surface area contributed by atoms with Gasteiger partial charge in [-0.2, -0.15) is 0 Å². The first-order valence-corrected chi connectivity index (χ1v) is 5.38. The first-order valence-electron chi connectivity index (χ1n) is 5.38. The van der Waals surface area contributed by atoms with Gasteiger partial charge < -0.3 is 20.1 Å². The van der Waals surface area contributed by atoms with Gasteiger partial charge in [-0.25, -0.2) is 0 Å². The second-order valence-corrected chi connectivity index (χ2v) is 3.66. The number of nitrogens with one attached hydrogen (secondary N) is 2. The van der Waals surface area contributed by atoms with Crippen LogP contribution >= 0.6 is 0 Å². The lowest BCUT2D eigenvalue weighted by atomic mass is 10.2. The molecule has 0 aromatic rings. The molecule has 1 amide bonds. The molecule has 2 atom stereocenters. The molecule has 1 rings (SSSR count). The van der Waals surface area contributed by atoms with Gasteiger partial charge in [0.05, 0.1) is 12.1 Å². The summed E-state index contributed by atoms with van der Waals surface area (Å²) in [7, 11) is 1.66. The fourth-order valence-corrected chi connectivity index (χ4v) is 1.60. The summed E-state index contributed by atoms with van der Waals surface area (Å²) in [5.41, 5.74) is 0. The van der Waals surface area contributed by atoms with E-state index < -0.39 is 0 Å². The summed E-state index contributed by atoms with van der Waals surface area (Å²) < 4.78 is 10.4. The third kappa shape index (κ3) is 4.15. The number of hydrogen-bond donors (Lipinski definition) is 2. The van der Waals surface area contributed by atoms with Crippen molar-refractivity contribution >= 4 is 5.91 Å². The van der Waals surface area contributed by atoms with Crippen molar-refractivity contribution in [3.8, 4) is 0 Å². The van der Waals surface area contributed by atoms with Crippen LogP contribution in [0.15, 0.2) is 0 Å². The summed E-state index contributed by atoms with van der Waals surface area (Å²) in [4.78, 5) is 11.4. The lowest BCUT2D eigenvalue weighted by Crippen LogP contribution is -2.45. The van der Waals surface area contributed by atoms with Gasteiger partial charge in [-0.15, -0.1) is 0 Å². The van der Waals surface area contributed by atoms with E-state index in [0.29, 0.717) is 6.61 Å². The molecule has 1 aliphatic rings. The van der Waals surface area contributed by atoms with E-state index in [4.69, 9.17) is 9.47 Å². The monoisotopic (exact) mass is 216 g/mol. The number of ether oxygens (including phenoxy) is 2. The Morgan fingerprint density at radius 3 is 3.00 bits per heavy atom. The van der Waals surface area contributed by atoms with Crippen molar-refractivity contribution in [2.75, 3.05) is 33.4 Å².